The van der Waals surface area contributed by atoms with Crippen molar-refractivity contribution in [2.24, 2.45) is 0 Å². The van der Waals surface area contributed by atoms with E-state index in [2.05, 4.69) is 4.98 Å². The molecule has 0 aliphatic rings. The average Bonchev–Trinajstić information content (AvgIpc) is 2.36. The van der Waals surface area contributed by atoms with E-state index in [0.717, 1.165) is 0 Å². The van der Waals surface area contributed by atoms with Crippen LogP contribution in [0.3, 0.4) is 0 Å². The van der Waals surface area contributed by atoms with Crippen LogP contribution in [0.1, 0.15) is 5.69 Å². The van der Waals surface area contributed by atoms with Crippen LogP contribution in [0.5, 0.6) is 5.75 Å². The number of aromatic nitrogens is 1. The monoisotopic (exact) mass is 331 g/mol. The third-order valence-electron chi connectivity index (χ3n) is 2.57. The van der Waals surface area contributed by atoms with Crippen molar-refractivity contribution >= 4 is 40.8 Å². The highest BCUT2D eigenvalue weighted by atomic mass is 35.5. The van der Waals surface area contributed by atoms with E-state index in [4.69, 9.17) is 39.9 Å². The molecular formula is C13H8Cl3NO3. The van der Waals surface area contributed by atoms with Crippen LogP contribution in [0.2, 0.25) is 15.1 Å². The largest absolute Gasteiger partial charge is 0.506 e. The van der Waals surface area contributed by atoms with Gasteiger partial charge in [-0.2, -0.15) is 0 Å². The van der Waals surface area contributed by atoms with Gasteiger partial charge in [-0.1, -0.05) is 34.8 Å². The first-order chi connectivity index (χ1) is 9.38. The molecule has 1 aromatic heterocycles. The van der Waals surface area contributed by atoms with Crippen LogP contribution in [0.4, 0.5) is 0 Å². The molecule has 7 heteroatoms. The van der Waals surface area contributed by atoms with Gasteiger partial charge in [0.15, 0.2) is 0 Å². The number of rotatable bonds is 3. The summed E-state index contributed by atoms with van der Waals surface area (Å²) in [6.07, 6.45) is 1.04. The third kappa shape index (κ3) is 3.15. The van der Waals surface area contributed by atoms with Crippen molar-refractivity contribution in [2.75, 3.05) is 0 Å². The van der Waals surface area contributed by atoms with Crippen LogP contribution in [-0.2, 0) is 11.2 Å². The summed E-state index contributed by atoms with van der Waals surface area (Å²) in [6.45, 7) is 0. The van der Waals surface area contributed by atoms with Crippen LogP contribution in [0, 0.1) is 0 Å². The fraction of sp³-hybridized carbons (Fsp3) is 0.0769. The van der Waals surface area contributed by atoms with E-state index in [1.54, 1.807) is 6.07 Å². The first kappa shape index (κ1) is 14.9. The second-order valence-electron chi connectivity index (χ2n) is 4.01. The normalized spacial score (nSPS) is 10.6. The van der Waals surface area contributed by atoms with Gasteiger partial charge in [-0.05, 0) is 18.2 Å². The molecule has 4 nitrogen and oxygen atoms in total. The van der Waals surface area contributed by atoms with E-state index < -0.39 is 5.97 Å². The molecule has 0 saturated carbocycles. The van der Waals surface area contributed by atoms with Crippen LogP contribution in [0.15, 0.2) is 24.4 Å². The lowest BCUT2D eigenvalue weighted by Gasteiger charge is -2.09. The van der Waals surface area contributed by atoms with Crippen molar-refractivity contribution in [1.29, 1.82) is 0 Å². The predicted molar refractivity (Wildman–Crippen MR) is 77.7 cm³/mol. The summed E-state index contributed by atoms with van der Waals surface area (Å²) < 4.78 is 0. The molecule has 0 aliphatic carbocycles. The Hall–Kier alpha value is -1.49. The van der Waals surface area contributed by atoms with Crippen LogP contribution in [-0.4, -0.2) is 21.2 Å². The zero-order chi connectivity index (χ0) is 14.9. The van der Waals surface area contributed by atoms with Crippen molar-refractivity contribution < 1.29 is 15.0 Å². The zero-order valence-corrected chi connectivity index (χ0v) is 12.2. The van der Waals surface area contributed by atoms with Crippen molar-refractivity contribution in [3.63, 3.8) is 0 Å². The SMILES string of the molecule is O=C(O)Cc1ncc(-c2cc(Cl)cc(Cl)c2Cl)cc1O. The van der Waals surface area contributed by atoms with Gasteiger partial charge in [-0.3, -0.25) is 9.78 Å². The molecule has 0 fully saturated rings. The average molecular weight is 333 g/mol. The molecule has 2 N–H and O–H groups in total. The molecule has 0 amide bonds. The minimum Gasteiger partial charge on any atom is -0.506 e. The van der Waals surface area contributed by atoms with Crippen molar-refractivity contribution in [2.45, 2.75) is 6.42 Å². The summed E-state index contributed by atoms with van der Waals surface area (Å²) in [6, 6.07) is 4.46. The number of carboxylic acid groups (broad SMARTS) is 1. The number of carboxylic acids is 1. The standard InChI is InChI=1S/C13H8Cl3NO3/c14-7-2-8(13(16)9(15)3-7)6-1-11(18)10(17-5-6)4-12(19)20/h1-3,5,18H,4H2,(H,19,20). The molecule has 0 aliphatic heterocycles. The molecule has 104 valence electrons. The molecule has 2 rings (SSSR count). The highest BCUT2D eigenvalue weighted by Gasteiger charge is 2.13. The Morgan fingerprint density at radius 1 is 1.20 bits per heavy atom. The molecule has 20 heavy (non-hydrogen) atoms. The smallest absolute Gasteiger partial charge is 0.309 e. The van der Waals surface area contributed by atoms with Gasteiger partial charge in [0.2, 0.25) is 0 Å². The van der Waals surface area contributed by atoms with Crippen molar-refractivity contribution in [3.8, 4) is 16.9 Å². The first-order valence-electron chi connectivity index (χ1n) is 5.43. The van der Waals surface area contributed by atoms with Crippen LogP contribution in [0.25, 0.3) is 11.1 Å². The molecular weight excluding hydrogens is 325 g/mol. The summed E-state index contributed by atoms with van der Waals surface area (Å²) in [4.78, 5) is 14.5. The van der Waals surface area contributed by atoms with E-state index in [1.807, 2.05) is 0 Å². The lowest BCUT2D eigenvalue weighted by atomic mass is 10.1. The molecule has 0 bridgehead atoms. The topological polar surface area (TPSA) is 70.4 Å². The first-order valence-corrected chi connectivity index (χ1v) is 6.56. The molecule has 1 heterocycles. The van der Waals surface area contributed by atoms with E-state index in [-0.39, 0.29) is 27.9 Å². The Balaban J connectivity index is 2.49. The zero-order valence-electron chi connectivity index (χ0n) is 9.90. The Kier molecular flexibility index (Phi) is 4.38. The molecule has 0 unspecified atom stereocenters. The highest BCUT2D eigenvalue weighted by molar-refractivity contribution is 6.45. The minimum absolute atomic E-state index is 0.0745. The van der Waals surface area contributed by atoms with Gasteiger partial charge in [-0.25, -0.2) is 0 Å². The molecule has 0 spiro atoms. The van der Waals surface area contributed by atoms with Crippen molar-refractivity contribution in [3.05, 3.63) is 45.2 Å². The Morgan fingerprint density at radius 2 is 1.90 bits per heavy atom. The minimum atomic E-state index is -1.08. The van der Waals surface area contributed by atoms with Gasteiger partial charge >= 0.3 is 5.97 Å². The number of hydrogen-bond donors (Lipinski definition) is 2. The summed E-state index contributed by atoms with van der Waals surface area (Å²) in [5.41, 5.74) is 1.07. The molecule has 2 aromatic rings. The number of pyridine rings is 1. The maximum absolute atomic E-state index is 10.6. The molecule has 0 saturated heterocycles. The second kappa shape index (κ2) is 5.87. The summed E-state index contributed by atoms with van der Waals surface area (Å²) in [7, 11) is 0. The van der Waals surface area contributed by atoms with Gasteiger partial charge in [0.1, 0.15) is 5.75 Å². The number of hydrogen-bond acceptors (Lipinski definition) is 3. The highest BCUT2D eigenvalue weighted by Crippen LogP contribution is 2.37. The number of nitrogens with zero attached hydrogens (tertiary/aromatic N) is 1. The summed E-state index contributed by atoms with van der Waals surface area (Å²) in [5, 5.41) is 19.4. The van der Waals surface area contributed by atoms with Gasteiger partial charge in [0.25, 0.3) is 0 Å². The number of aliphatic carboxylic acids is 1. The maximum atomic E-state index is 10.6. The summed E-state index contributed by atoms with van der Waals surface area (Å²) in [5.74, 6) is -1.30. The Labute approximate surface area is 129 Å². The maximum Gasteiger partial charge on any atom is 0.309 e. The fourth-order valence-electron chi connectivity index (χ4n) is 1.67. The van der Waals surface area contributed by atoms with Crippen molar-refractivity contribution in [1.82, 2.24) is 4.98 Å². The van der Waals surface area contributed by atoms with E-state index in [1.165, 1.54) is 18.3 Å². The summed E-state index contributed by atoms with van der Waals surface area (Å²) >= 11 is 17.9. The van der Waals surface area contributed by atoms with Gasteiger partial charge in [-0.15, -0.1) is 0 Å². The second-order valence-corrected chi connectivity index (χ2v) is 5.23. The quantitative estimate of drug-likeness (QED) is 0.832. The number of halogens is 3. The predicted octanol–water partition coefficient (Wildman–Crippen LogP) is 4.04. The van der Waals surface area contributed by atoms with E-state index >= 15 is 0 Å². The van der Waals surface area contributed by atoms with Gasteiger partial charge in [0, 0.05) is 22.3 Å². The number of aromatic hydroxyl groups is 1. The number of benzene rings is 1. The molecule has 0 atom stereocenters. The van der Waals surface area contributed by atoms with Crippen LogP contribution < -0.4 is 0 Å². The van der Waals surface area contributed by atoms with Gasteiger partial charge < -0.3 is 10.2 Å². The fourth-order valence-corrected chi connectivity index (χ4v) is 2.39. The van der Waals surface area contributed by atoms with Gasteiger partial charge in [0.05, 0.1) is 22.2 Å². The third-order valence-corrected chi connectivity index (χ3v) is 3.59. The van der Waals surface area contributed by atoms with E-state index in [9.17, 15) is 9.90 Å². The Morgan fingerprint density at radius 3 is 2.50 bits per heavy atom. The lowest BCUT2D eigenvalue weighted by molar-refractivity contribution is -0.136. The molecule has 1 aromatic carbocycles. The Bertz CT molecular complexity index is 689. The van der Waals surface area contributed by atoms with E-state index in [0.29, 0.717) is 16.1 Å². The number of carbonyl (C=O) groups is 1. The van der Waals surface area contributed by atoms with Crippen LogP contribution >= 0.6 is 34.8 Å². The molecule has 0 radical (unpaired) electrons. The lowest BCUT2D eigenvalue weighted by Crippen LogP contribution is -2.02.